The summed E-state index contributed by atoms with van der Waals surface area (Å²) in [6.45, 7) is 2.77. The van der Waals surface area contributed by atoms with Crippen molar-refractivity contribution in [2.24, 2.45) is 4.99 Å². The van der Waals surface area contributed by atoms with Gasteiger partial charge < -0.3 is 0 Å². The molecule has 5 rings (SSSR count). The van der Waals surface area contributed by atoms with Crippen molar-refractivity contribution in [1.29, 1.82) is 0 Å². The number of carbonyl (C=O) groups excluding carboxylic acids is 1. The van der Waals surface area contributed by atoms with Gasteiger partial charge in [-0.3, -0.25) is 9.69 Å². The van der Waals surface area contributed by atoms with Crippen LogP contribution in [-0.4, -0.2) is 28.3 Å². The lowest BCUT2D eigenvalue weighted by Gasteiger charge is -2.55. The van der Waals surface area contributed by atoms with Crippen LogP contribution in [0.1, 0.15) is 38.2 Å². The maximum Gasteiger partial charge on any atom is 0.155 e. The first-order chi connectivity index (χ1) is 13.7. The highest BCUT2D eigenvalue weighted by molar-refractivity contribution is 8.14. The van der Waals surface area contributed by atoms with Gasteiger partial charge in [-0.15, -0.1) is 0 Å². The molecule has 2 atom stereocenters. The van der Waals surface area contributed by atoms with Crippen LogP contribution in [0.25, 0.3) is 0 Å². The van der Waals surface area contributed by atoms with Crippen LogP contribution in [0.4, 0.5) is 5.69 Å². The minimum absolute atomic E-state index is 0.124. The first kappa shape index (κ1) is 17.9. The maximum atomic E-state index is 12.0. The Kier molecular flexibility index (Phi) is 4.48. The standard InChI is InChI=1S/C24H24N2OS/c1-17(27)18-8-7-9-19(16-18)26-15-14-24(26)21-12-5-6-13-22(21)25-23(24)28-20-10-3-2-4-11-20/h2-6,8,10-13,19H,7,9,14-16H2,1H3/t19?,24-/m0/s1. The van der Waals surface area contributed by atoms with Crippen molar-refractivity contribution >= 4 is 28.3 Å². The van der Waals surface area contributed by atoms with E-state index < -0.39 is 0 Å². The third-order valence-corrected chi connectivity index (χ3v) is 7.46. The van der Waals surface area contributed by atoms with E-state index in [-0.39, 0.29) is 11.3 Å². The largest absolute Gasteiger partial charge is 0.295 e. The number of Topliss-reactive ketones (excluding diaryl/α,β-unsaturated/α-hetero) is 1. The van der Waals surface area contributed by atoms with Crippen LogP contribution in [-0.2, 0) is 10.3 Å². The quantitative estimate of drug-likeness (QED) is 0.697. The summed E-state index contributed by atoms with van der Waals surface area (Å²) >= 11 is 1.79. The van der Waals surface area contributed by atoms with Crippen molar-refractivity contribution in [3.05, 3.63) is 71.8 Å². The molecule has 2 aliphatic heterocycles. The van der Waals surface area contributed by atoms with E-state index in [9.17, 15) is 4.79 Å². The fraction of sp³-hybridized carbons (Fsp3) is 0.333. The number of carbonyl (C=O) groups is 1. The number of para-hydroxylation sites is 1. The molecule has 2 aromatic rings. The van der Waals surface area contributed by atoms with Crippen LogP contribution in [0.2, 0.25) is 0 Å². The van der Waals surface area contributed by atoms with Crippen molar-refractivity contribution in [1.82, 2.24) is 4.90 Å². The second kappa shape index (κ2) is 7.02. The highest BCUT2D eigenvalue weighted by Gasteiger charge is 2.56. The average Bonchev–Trinajstić information content (AvgIpc) is 3.03. The Morgan fingerprint density at radius 3 is 2.68 bits per heavy atom. The fourth-order valence-electron chi connectivity index (χ4n) is 4.87. The van der Waals surface area contributed by atoms with Crippen molar-refractivity contribution in [3.63, 3.8) is 0 Å². The molecule has 1 saturated heterocycles. The van der Waals surface area contributed by atoms with E-state index in [4.69, 9.17) is 4.99 Å². The van der Waals surface area contributed by atoms with Gasteiger partial charge in [0.25, 0.3) is 0 Å². The average molecular weight is 389 g/mol. The van der Waals surface area contributed by atoms with E-state index in [0.717, 1.165) is 43.5 Å². The zero-order valence-electron chi connectivity index (χ0n) is 16.1. The van der Waals surface area contributed by atoms with Crippen molar-refractivity contribution < 1.29 is 4.79 Å². The van der Waals surface area contributed by atoms with Crippen LogP contribution in [0.3, 0.4) is 0 Å². The van der Waals surface area contributed by atoms with E-state index in [1.54, 1.807) is 18.7 Å². The molecule has 0 amide bonds. The summed E-state index contributed by atoms with van der Waals surface area (Å²) in [5, 5.41) is 1.19. The Morgan fingerprint density at radius 1 is 1.14 bits per heavy atom. The Balaban J connectivity index is 1.51. The Labute approximate surface area is 170 Å². The summed E-state index contributed by atoms with van der Waals surface area (Å²) in [7, 11) is 0. The highest BCUT2D eigenvalue weighted by atomic mass is 32.2. The summed E-state index contributed by atoms with van der Waals surface area (Å²) < 4.78 is 0. The van der Waals surface area contributed by atoms with Gasteiger partial charge in [0.1, 0.15) is 5.04 Å². The molecule has 4 heteroatoms. The molecule has 0 bridgehead atoms. The van der Waals surface area contributed by atoms with Gasteiger partial charge in [0.15, 0.2) is 5.78 Å². The van der Waals surface area contributed by atoms with Gasteiger partial charge in [-0.1, -0.05) is 54.2 Å². The third kappa shape index (κ3) is 2.78. The van der Waals surface area contributed by atoms with Gasteiger partial charge in [0.2, 0.25) is 0 Å². The van der Waals surface area contributed by atoms with Gasteiger partial charge in [0, 0.05) is 23.0 Å². The van der Waals surface area contributed by atoms with Gasteiger partial charge in [0.05, 0.1) is 11.2 Å². The smallest absolute Gasteiger partial charge is 0.155 e. The first-order valence-electron chi connectivity index (χ1n) is 10.1. The second-order valence-electron chi connectivity index (χ2n) is 7.87. The molecule has 1 unspecified atom stereocenters. The number of ketones is 1. The van der Waals surface area contributed by atoms with Crippen LogP contribution in [0.5, 0.6) is 0 Å². The SMILES string of the molecule is CC(=O)C1=CCCC(N2CC[C@]23C(Sc2ccccc2)=Nc2ccccc23)C1. The Morgan fingerprint density at radius 2 is 1.93 bits per heavy atom. The minimum atomic E-state index is -0.124. The van der Waals surface area contributed by atoms with Crippen molar-refractivity contribution in [2.75, 3.05) is 6.54 Å². The van der Waals surface area contributed by atoms with Crippen molar-refractivity contribution in [2.45, 2.75) is 49.1 Å². The van der Waals surface area contributed by atoms with Gasteiger partial charge in [-0.2, -0.15) is 0 Å². The summed E-state index contributed by atoms with van der Waals surface area (Å²) in [6.07, 6.45) is 6.21. The number of nitrogens with zero attached hydrogens (tertiary/aromatic N) is 2. The molecule has 0 N–H and O–H groups in total. The van der Waals surface area contributed by atoms with Crippen LogP contribution >= 0.6 is 11.8 Å². The van der Waals surface area contributed by atoms with Crippen LogP contribution < -0.4 is 0 Å². The van der Waals surface area contributed by atoms with E-state index in [0.29, 0.717) is 6.04 Å². The number of thioether (sulfide) groups is 1. The summed E-state index contributed by atoms with van der Waals surface area (Å²) in [5.74, 6) is 0.221. The first-order valence-corrected chi connectivity index (χ1v) is 10.9. The summed E-state index contributed by atoms with van der Waals surface area (Å²) in [6, 6.07) is 19.5. The molecule has 1 fully saturated rings. The summed E-state index contributed by atoms with van der Waals surface area (Å²) in [5.41, 5.74) is 3.31. The van der Waals surface area contributed by atoms with E-state index in [1.807, 2.05) is 0 Å². The molecule has 1 aliphatic carbocycles. The molecule has 28 heavy (non-hydrogen) atoms. The van der Waals surface area contributed by atoms with E-state index in [2.05, 4.69) is 65.6 Å². The number of hydrogen-bond donors (Lipinski definition) is 0. The normalized spacial score (nSPS) is 26.4. The lowest BCUT2D eigenvalue weighted by molar-refractivity contribution is -0.114. The Bertz CT molecular complexity index is 981. The highest BCUT2D eigenvalue weighted by Crippen LogP contribution is 2.55. The number of aliphatic imine (C=N–C) groups is 1. The fourth-order valence-corrected chi connectivity index (χ4v) is 6.02. The predicted molar refractivity (Wildman–Crippen MR) is 115 cm³/mol. The van der Waals surface area contributed by atoms with Gasteiger partial charge >= 0.3 is 0 Å². The molecule has 2 aromatic carbocycles. The molecule has 142 valence electrons. The minimum Gasteiger partial charge on any atom is -0.295 e. The van der Waals surface area contributed by atoms with Crippen molar-refractivity contribution in [3.8, 4) is 0 Å². The molecule has 0 aromatic heterocycles. The maximum absolute atomic E-state index is 12.0. The number of hydrogen-bond acceptors (Lipinski definition) is 4. The van der Waals surface area contributed by atoms with Gasteiger partial charge in [-0.25, -0.2) is 4.99 Å². The lowest BCUT2D eigenvalue weighted by atomic mass is 9.76. The van der Waals surface area contributed by atoms with E-state index >= 15 is 0 Å². The van der Waals surface area contributed by atoms with Crippen LogP contribution in [0, 0.1) is 0 Å². The molecule has 1 spiro atoms. The number of likely N-dealkylation sites (tertiary alicyclic amines) is 1. The molecule has 0 saturated carbocycles. The zero-order valence-corrected chi connectivity index (χ0v) is 16.9. The molecular weight excluding hydrogens is 364 g/mol. The molecule has 3 aliphatic rings. The second-order valence-corrected chi connectivity index (χ2v) is 8.94. The molecule has 3 nitrogen and oxygen atoms in total. The predicted octanol–water partition coefficient (Wildman–Crippen LogP) is 5.49. The lowest BCUT2D eigenvalue weighted by Crippen LogP contribution is -2.64. The topological polar surface area (TPSA) is 32.7 Å². The van der Waals surface area contributed by atoms with Crippen LogP contribution in [0.15, 0.2) is 76.1 Å². The van der Waals surface area contributed by atoms with E-state index in [1.165, 1.54) is 15.5 Å². The Hall–Kier alpha value is -2.17. The monoisotopic (exact) mass is 388 g/mol. The zero-order chi connectivity index (χ0) is 19.1. The molecule has 0 radical (unpaired) electrons. The molecule has 2 heterocycles. The number of rotatable bonds is 3. The third-order valence-electron chi connectivity index (χ3n) is 6.33. The number of allylic oxidation sites excluding steroid dienone is 1. The molecular formula is C24H24N2OS. The van der Waals surface area contributed by atoms with Gasteiger partial charge in [-0.05, 0) is 56.4 Å². The number of fused-ring (bicyclic) bond motifs is 2. The number of benzene rings is 2. The summed E-state index contributed by atoms with van der Waals surface area (Å²) in [4.78, 5) is 20.9.